The van der Waals surface area contributed by atoms with Crippen LogP contribution in [0.4, 0.5) is 4.39 Å². The number of thioether (sulfide) groups is 1. The normalized spacial score (nSPS) is 12.5. The molecule has 0 amide bonds. The number of rotatable bonds is 7. The molecule has 1 atom stereocenters. The molecule has 5 heteroatoms. The smallest absolute Gasteiger partial charge is 0.309 e. The number of carbonyl (C=O) groups is 1. The standard InChI is InChI=1S/C14H20FNO2S/c1-11(14(17)18-3)10-16(2)8-9-19-13-7-5-4-6-12(13)15/h4-7,11H,8-10H2,1-3H3. The van der Waals surface area contributed by atoms with Gasteiger partial charge in [-0.2, -0.15) is 0 Å². The number of hydrogen-bond donors (Lipinski definition) is 0. The summed E-state index contributed by atoms with van der Waals surface area (Å²) in [5, 5.41) is 0. The van der Waals surface area contributed by atoms with Gasteiger partial charge < -0.3 is 9.64 Å². The number of benzene rings is 1. The molecular weight excluding hydrogens is 265 g/mol. The van der Waals surface area contributed by atoms with E-state index < -0.39 is 0 Å². The minimum Gasteiger partial charge on any atom is -0.469 e. The van der Waals surface area contributed by atoms with E-state index in [1.54, 1.807) is 12.1 Å². The third-order valence-electron chi connectivity index (χ3n) is 2.76. The summed E-state index contributed by atoms with van der Waals surface area (Å²) >= 11 is 1.48. The molecule has 3 nitrogen and oxygen atoms in total. The highest BCUT2D eigenvalue weighted by atomic mass is 32.2. The molecule has 0 spiro atoms. The molecule has 0 aliphatic rings. The SMILES string of the molecule is COC(=O)C(C)CN(C)CCSc1ccccc1F. The van der Waals surface area contributed by atoms with Crippen molar-refractivity contribution in [1.82, 2.24) is 4.90 Å². The van der Waals surface area contributed by atoms with Gasteiger partial charge in [0.25, 0.3) is 0 Å². The largest absolute Gasteiger partial charge is 0.469 e. The summed E-state index contributed by atoms with van der Waals surface area (Å²) in [6.07, 6.45) is 0. The topological polar surface area (TPSA) is 29.5 Å². The lowest BCUT2D eigenvalue weighted by atomic mass is 10.2. The molecule has 0 aromatic heterocycles. The lowest BCUT2D eigenvalue weighted by Gasteiger charge is -2.19. The number of methoxy groups -OCH3 is 1. The predicted molar refractivity (Wildman–Crippen MR) is 75.8 cm³/mol. The lowest BCUT2D eigenvalue weighted by Crippen LogP contribution is -2.30. The first kappa shape index (κ1) is 16.0. The average Bonchev–Trinajstić information content (AvgIpc) is 2.40. The third-order valence-corrected chi connectivity index (χ3v) is 3.79. The van der Waals surface area contributed by atoms with Crippen LogP contribution >= 0.6 is 11.8 Å². The van der Waals surface area contributed by atoms with E-state index in [1.165, 1.54) is 24.9 Å². The van der Waals surface area contributed by atoms with Crippen molar-refractivity contribution in [2.24, 2.45) is 5.92 Å². The first-order valence-electron chi connectivity index (χ1n) is 6.18. The Balaban J connectivity index is 2.29. The highest BCUT2D eigenvalue weighted by Gasteiger charge is 2.15. The average molecular weight is 285 g/mol. The van der Waals surface area contributed by atoms with Crippen molar-refractivity contribution in [3.05, 3.63) is 30.1 Å². The Morgan fingerprint density at radius 3 is 2.79 bits per heavy atom. The minimum atomic E-state index is -0.200. The molecule has 0 heterocycles. The highest BCUT2D eigenvalue weighted by molar-refractivity contribution is 7.99. The van der Waals surface area contributed by atoms with Gasteiger partial charge in [0.05, 0.1) is 13.0 Å². The fourth-order valence-electron chi connectivity index (χ4n) is 1.71. The van der Waals surface area contributed by atoms with Gasteiger partial charge in [0.15, 0.2) is 0 Å². The molecule has 1 rings (SSSR count). The monoisotopic (exact) mass is 285 g/mol. The quantitative estimate of drug-likeness (QED) is 0.569. The molecule has 0 aliphatic carbocycles. The number of halogens is 1. The van der Waals surface area contributed by atoms with Crippen molar-refractivity contribution < 1.29 is 13.9 Å². The zero-order valence-corrected chi connectivity index (χ0v) is 12.4. The maximum Gasteiger partial charge on any atom is 0.309 e. The molecule has 1 aromatic carbocycles. The molecule has 1 aromatic rings. The number of ether oxygens (including phenoxy) is 1. The third kappa shape index (κ3) is 5.61. The molecule has 0 saturated carbocycles. The van der Waals surface area contributed by atoms with E-state index in [1.807, 2.05) is 20.0 Å². The second kappa shape index (κ2) is 8.17. The summed E-state index contributed by atoms with van der Waals surface area (Å²) in [6, 6.07) is 6.75. The Morgan fingerprint density at radius 2 is 2.16 bits per heavy atom. The van der Waals surface area contributed by atoms with Crippen LogP contribution in [-0.2, 0) is 9.53 Å². The lowest BCUT2D eigenvalue weighted by molar-refractivity contribution is -0.145. The molecule has 106 valence electrons. The first-order valence-corrected chi connectivity index (χ1v) is 7.17. The summed E-state index contributed by atoms with van der Waals surface area (Å²) in [5.74, 6) is 0.255. The van der Waals surface area contributed by atoms with Crippen molar-refractivity contribution in [1.29, 1.82) is 0 Å². The Kier molecular flexibility index (Phi) is 6.87. The minimum absolute atomic E-state index is 0.145. The Hall–Kier alpha value is -1.07. The molecule has 0 bridgehead atoms. The summed E-state index contributed by atoms with van der Waals surface area (Å²) in [4.78, 5) is 14.0. The van der Waals surface area contributed by atoms with E-state index in [2.05, 4.69) is 9.64 Å². The second-order valence-corrected chi connectivity index (χ2v) is 5.60. The van der Waals surface area contributed by atoms with E-state index in [9.17, 15) is 9.18 Å². The molecule has 1 unspecified atom stereocenters. The molecule has 0 fully saturated rings. The molecule has 0 aliphatic heterocycles. The number of esters is 1. The highest BCUT2D eigenvalue weighted by Crippen LogP contribution is 2.20. The maximum atomic E-state index is 13.4. The number of hydrogen-bond acceptors (Lipinski definition) is 4. The Labute approximate surface area is 118 Å². The van der Waals surface area contributed by atoms with Crippen molar-refractivity contribution in [3.63, 3.8) is 0 Å². The molecule has 19 heavy (non-hydrogen) atoms. The summed E-state index contributed by atoms with van der Waals surface area (Å²) in [6.45, 7) is 3.27. The van der Waals surface area contributed by atoms with Crippen LogP contribution in [-0.4, -0.2) is 43.9 Å². The van der Waals surface area contributed by atoms with Gasteiger partial charge in [0.1, 0.15) is 5.82 Å². The van der Waals surface area contributed by atoms with Crippen LogP contribution in [0.1, 0.15) is 6.92 Å². The number of nitrogens with zero attached hydrogens (tertiary/aromatic N) is 1. The second-order valence-electron chi connectivity index (χ2n) is 4.47. The van der Waals surface area contributed by atoms with E-state index >= 15 is 0 Å². The fourth-order valence-corrected chi connectivity index (χ4v) is 2.71. The maximum absolute atomic E-state index is 13.4. The first-order chi connectivity index (χ1) is 9.04. The van der Waals surface area contributed by atoms with Gasteiger partial charge in [-0.15, -0.1) is 11.8 Å². The Bertz CT molecular complexity index is 414. The van der Waals surface area contributed by atoms with E-state index in [4.69, 9.17) is 0 Å². The predicted octanol–water partition coefficient (Wildman–Crippen LogP) is 2.66. The van der Waals surface area contributed by atoms with Crippen molar-refractivity contribution in [3.8, 4) is 0 Å². The van der Waals surface area contributed by atoms with E-state index in [-0.39, 0.29) is 17.7 Å². The Morgan fingerprint density at radius 1 is 1.47 bits per heavy atom. The van der Waals surface area contributed by atoms with Crippen LogP contribution in [0.15, 0.2) is 29.2 Å². The van der Waals surface area contributed by atoms with Crippen LogP contribution in [0.5, 0.6) is 0 Å². The van der Waals surface area contributed by atoms with Crippen LogP contribution in [0.25, 0.3) is 0 Å². The summed E-state index contributed by atoms with van der Waals surface area (Å²) < 4.78 is 18.1. The van der Waals surface area contributed by atoms with Gasteiger partial charge in [0, 0.05) is 23.7 Å². The fraction of sp³-hybridized carbons (Fsp3) is 0.500. The molecule has 0 saturated heterocycles. The van der Waals surface area contributed by atoms with Gasteiger partial charge in [-0.3, -0.25) is 4.79 Å². The number of carbonyl (C=O) groups excluding carboxylic acids is 1. The molecular formula is C14H20FNO2S. The van der Waals surface area contributed by atoms with Gasteiger partial charge in [-0.05, 0) is 19.2 Å². The van der Waals surface area contributed by atoms with Crippen LogP contribution in [0.3, 0.4) is 0 Å². The van der Waals surface area contributed by atoms with Gasteiger partial charge >= 0.3 is 5.97 Å². The zero-order valence-electron chi connectivity index (χ0n) is 11.6. The van der Waals surface area contributed by atoms with Crippen molar-refractivity contribution in [2.45, 2.75) is 11.8 Å². The van der Waals surface area contributed by atoms with Crippen molar-refractivity contribution >= 4 is 17.7 Å². The van der Waals surface area contributed by atoms with Gasteiger partial charge in [0.2, 0.25) is 0 Å². The van der Waals surface area contributed by atoms with Crippen LogP contribution < -0.4 is 0 Å². The van der Waals surface area contributed by atoms with E-state index in [0.29, 0.717) is 11.4 Å². The van der Waals surface area contributed by atoms with Gasteiger partial charge in [-0.1, -0.05) is 19.1 Å². The summed E-state index contributed by atoms with van der Waals surface area (Å²) in [7, 11) is 3.34. The molecule has 0 N–H and O–H groups in total. The van der Waals surface area contributed by atoms with Gasteiger partial charge in [-0.25, -0.2) is 4.39 Å². The van der Waals surface area contributed by atoms with Crippen LogP contribution in [0, 0.1) is 11.7 Å². The zero-order chi connectivity index (χ0) is 14.3. The molecule has 0 radical (unpaired) electrons. The summed E-state index contributed by atoms with van der Waals surface area (Å²) in [5.41, 5.74) is 0. The van der Waals surface area contributed by atoms with Crippen molar-refractivity contribution in [2.75, 3.05) is 33.0 Å². The van der Waals surface area contributed by atoms with E-state index in [0.717, 1.165) is 12.3 Å². The van der Waals surface area contributed by atoms with Crippen LogP contribution in [0.2, 0.25) is 0 Å².